The maximum Gasteiger partial charge on any atom is 0.338 e. The molecule has 0 aromatic heterocycles. The molecule has 0 heterocycles. The van der Waals surface area contributed by atoms with Crippen molar-refractivity contribution in [2.45, 2.75) is 27.4 Å². The summed E-state index contributed by atoms with van der Waals surface area (Å²) in [5, 5.41) is 0. The lowest BCUT2D eigenvalue weighted by atomic mass is 9.98. The van der Waals surface area contributed by atoms with Gasteiger partial charge in [0.1, 0.15) is 0 Å². The summed E-state index contributed by atoms with van der Waals surface area (Å²) >= 11 is 0. The molecule has 3 heteroatoms. The third-order valence-corrected chi connectivity index (χ3v) is 2.17. The summed E-state index contributed by atoms with van der Waals surface area (Å²) < 4.78 is 10.3. The van der Waals surface area contributed by atoms with Crippen LogP contribution in [0, 0.1) is 5.41 Å². The third kappa shape index (κ3) is 4.57. The Kier molecular flexibility index (Phi) is 4.70. The Labute approximate surface area is 103 Å². The minimum atomic E-state index is -0.285. The highest BCUT2D eigenvalue weighted by atomic mass is 16.5. The Morgan fingerprint density at radius 1 is 1.24 bits per heavy atom. The van der Waals surface area contributed by atoms with Gasteiger partial charge in [0.25, 0.3) is 0 Å². The zero-order valence-corrected chi connectivity index (χ0v) is 10.9. The Morgan fingerprint density at radius 3 is 2.47 bits per heavy atom. The van der Waals surface area contributed by atoms with E-state index in [4.69, 9.17) is 9.47 Å². The molecule has 94 valence electrons. The van der Waals surface area contributed by atoms with Crippen LogP contribution in [0.3, 0.4) is 0 Å². The fraction of sp³-hybridized carbons (Fsp3) is 0.500. The second-order valence-electron chi connectivity index (χ2n) is 5.23. The molecule has 0 unspecified atom stereocenters. The van der Waals surface area contributed by atoms with Crippen molar-refractivity contribution in [1.29, 1.82) is 0 Å². The minimum absolute atomic E-state index is 0.0220. The Bertz CT molecular complexity index is 377. The summed E-state index contributed by atoms with van der Waals surface area (Å²) in [7, 11) is 1.61. The van der Waals surface area contributed by atoms with E-state index in [-0.39, 0.29) is 11.4 Å². The third-order valence-electron chi connectivity index (χ3n) is 2.17. The van der Waals surface area contributed by atoms with Crippen LogP contribution in [0.4, 0.5) is 0 Å². The smallest absolute Gasteiger partial charge is 0.338 e. The first-order valence-corrected chi connectivity index (χ1v) is 5.68. The summed E-state index contributed by atoms with van der Waals surface area (Å²) in [5.74, 6) is -0.285. The van der Waals surface area contributed by atoms with Crippen LogP contribution < -0.4 is 0 Å². The lowest BCUT2D eigenvalue weighted by Crippen LogP contribution is -2.19. The summed E-state index contributed by atoms with van der Waals surface area (Å²) in [4.78, 5) is 11.9. The number of hydrogen-bond donors (Lipinski definition) is 0. The van der Waals surface area contributed by atoms with Crippen LogP contribution in [-0.4, -0.2) is 19.7 Å². The number of hydrogen-bond acceptors (Lipinski definition) is 3. The first-order chi connectivity index (χ1) is 7.94. The van der Waals surface area contributed by atoms with Crippen molar-refractivity contribution < 1.29 is 14.3 Å². The van der Waals surface area contributed by atoms with Gasteiger partial charge in [0.05, 0.1) is 18.8 Å². The molecule has 0 saturated heterocycles. The largest absolute Gasteiger partial charge is 0.462 e. The fourth-order valence-corrected chi connectivity index (χ4v) is 1.36. The van der Waals surface area contributed by atoms with Crippen molar-refractivity contribution >= 4 is 5.97 Å². The highest BCUT2D eigenvalue weighted by Crippen LogP contribution is 2.16. The van der Waals surface area contributed by atoms with Crippen LogP contribution >= 0.6 is 0 Å². The van der Waals surface area contributed by atoms with Gasteiger partial charge >= 0.3 is 5.97 Å². The summed E-state index contributed by atoms with van der Waals surface area (Å²) in [6.07, 6.45) is 0. The molecule has 0 spiro atoms. The second-order valence-corrected chi connectivity index (χ2v) is 5.23. The van der Waals surface area contributed by atoms with Crippen LogP contribution in [0.15, 0.2) is 24.3 Å². The van der Waals surface area contributed by atoms with Crippen LogP contribution in [-0.2, 0) is 16.1 Å². The van der Waals surface area contributed by atoms with Crippen molar-refractivity contribution in [2.75, 3.05) is 13.7 Å². The molecule has 0 aliphatic heterocycles. The van der Waals surface area contributed by atoms with Gasteiger partial charge in [0.2, 0.25) is 0 Å². The van der Waals surface area contributed by atoms with E-state index < -0.39 is 0 Å². The van der Waals surface area contributed by atoms with E-state index in [1.807, 2.05) is 39.0 Å². The standard InChI is InChI=1S/C14H20O3/c1-14(2,3)10-17-13(15)12-8-6-5-7-11(12)9-16-4/h5-8H,9-10H2,1-4H3. The monoisotopic (exact) mass is 236 g/mol. The maximum absolute atomic E-state index is 11.9. The van der Waals surface area contributed by atoms with E-state index in [1.54, 1.807) is 13.2 Å². The van der Waals surface area contributed by atoms with Crippen molar-refractivity contribution in [3.05, 3.63) is 35.4 Å². The van der Waals surface area contributed by atoms with Crippen LogP contribution in [0.2, 0.25) is 0 Å². The van der Waals surface area contributed by atoms with Gasteiger partial charge in [0, 0.05) is 7.11 Å². The lowest BCUT2D eigenvalue weighted by Gasteiger charge is -2.18. The van der Waals surface area contributed by atoms with Gasteiger partial charge in [-0.1, -0.05) is 39.0 Å². The van der Waals surface area contributed by atoms with E-state index in [0.717, 1.165) is 5.56 Å². The zero-order chi connectivity index (χ0) is 12.9. The Morgan fingerprint density at radius 2 is 1.88 bits per heavy atom. The molecule has 0 amide bonds. The van der Waals surface area contributed by atoms with E-state index >= 15 is 0 Å². The number of carbonyl (C=O) groups is 1. The van der Waals surface area contributed by atoms with Gasteiger partial charge in [-0.2, -0.15) is 0 Å². The molecule has 1 aromatic carbocycles. The van der Waals surface area contributed by atoms with E-state index in [9.17, 15) is 4.79 Å². The zero-order valence-electron chi connectivity index (χ0n) is 10.9. The normalized spacial score (nSPS) is 11.3. The van der Waals surface area contributed by atoms with Crippen molar-refractivity contribution in [2.24, 2.45) is 5.41 Å². The molecule has 0 N–H and O–H groups in total. The highest BCUT2D eigenvalue weighted by molar-refractivity contribution is 5.91. The topological polar surface area (TPSA) is 35.5 Å². The van der Waals surface area contributed by atoms with Gasteiger partial charge in [-0.05, 0) is 17.0 Å². The Hall–Kier alpha value is -1.35. The second kappa shape index (κ2) is 5.82. The molecule has 3 nitrogen and oxygen atoms in total. The van der Waals surface area contributed by atoms with E-state index in [0.29, 0.717) is 18.8 Å². The summed E-state index contributed by atoms with van der Waals surface area (Å²) in [6.45, 7) is 6.91. The summed E-state index contributed by atoms with van der Waals surface area (Å²) in [5.41, 5.74) is 1.42. The van der Waals surface area contributed by atoms with E-state index in [2.05, 4.69) is 0 Å². The van der Waals surface area contributed by atoms with Gasteiger partial charge in [-0.25, -0.2) is 4.79 Å². The summed E-state index contributed by atoms with van der Waals surface area (Å²) in [6, 6.07) is 7.35. The molecule has 0 radical (unpaired) electrons. The quantitative estimate of drug-likeness (QED) is 0.754. The number of methoxy groups -OCH3 is 1. The van der Waals surface area contributed by atoms with Gasteiger partial charge in [-0.3, -0.25) is 0 Å². The molecule has 1 aromatic rings. The molecule has 0 saturated carbocycles. The van der Waals surface area contributed by atoms with Crippen LogP contribution in [0.1, 0.15) is 36.7 Å². The van der Waals surface area contributed by atoms with Crippen molar-refractivity contribution in [1.82, 2.24) is 0 Å². The molecule has 0 atom stereocenters. The molecular weight excluding hydrogens is 216 g/mol. The molecule has 0 bridgehead atoms. The number of rotatable bonds is 4. The number of ether oxygens (including phenoxy) is 2. The molecule has 0 aliphatic carbocycles. The molecule has 0 aliphatic rings. The number of benzene rings is 1. The van der Waals surface area contributed by atoms with Crippen LogP contribution in [0.25, 0.3) is 0 Å². The van der Waals surface area contributed by atoms with Gasteiger partial charge in [-0.15, -0.1) is 0 Å². The van der Waals surface area contributed by atoms with Crippen molar-refractivity contribution in [3.8, 4) is 0 Å². The predicted octanol–water partition coefficient (Wildman–Crippen LogP) is 3.04. The highest BCUT2D eigenvalue weighted by Gasteiger charge is 2.16. The van der Waals surface area contributed by atoms with Gasteiger partial charge < -0.3 is 9.47 Å². The number of carbonyl (C=O) groups excluding carboxylic acids is 1. The van der Waals surface area contributed by atoms with E-state index in [1.165, 1.54) is 0 Å². The lowest BCUT2D eigenvalue weighted by molar-refractivity contribution is 0.0362. The average molecular weight is 236 g/mol. The Balaban J connectivity index is 2.74. The van der Waals surface area contributed by atoms with Crippen LogP contribution in [0.5, 0.6) is 0 Å². The molecule has 1 rings (SSSR count). The van der Waals surface area contributed by atoms with Gasteiger partial charge in [0.15, 0.2) is 0 Å². The fourth-order valence-electron chi connectivity index (χ4n) is 1.36. The maximum atomic E-state index is 11.9. The SMILES string of the molecule is COCc1ccccc1C(=O)OCC(C)(C)C. The first-order valence-electron chi connectivity index (χ1n) is 5.68. The molecule has 17 heavy (non-hydrogen) atoms. The average Bonchev–Trinajstić information content (AvgIpc) is 2.26. The van der Waals surface area contributed by atoms with Crippen molar-refractivity contribution in [3.63, 3.8) is 0 Å². The minimum Gasteiger partial charge on any atom is -0.462 e. The molecular formula is C14H20O3. The molecule has 0 fully saturated rings. The first kappa shape index (κ1) is 13.7. The predicted molar refractivity (Wildman–Crippen MR) is 66.9 cm³/mol. The number of esters is 1.